The topological polar surface area (TPSA) is 52.5 Å². The molecule has 0 saturated heterocycles. The number of nitrogens with one attached hydrogen (secondary N) is 1. The Hall–Kier alpha value is -2.33. The summed E-state index contributed by atoms with van der Waals surface area (Å²) in [5.74, 6) is 0.204. The largest absolute Gasteiger partial charge is 0.516 e. The number of alkyl halides is 1. The molecule has 0 fully saturated rings. The fourth-order valence-electron chi connectivity index (χ4n) is 1.88. The van der Waals surface area contributed by atoms with Gasteiger partial charge in [0.25, 0.3) is 0 Å². The maximum absolute atomic E-state index is 13.0. The van der Waals surface area contributed by atoms with Gasteiger partial charge in [-0.05, 0) is 36.4 Å². The standard InChI is InChI=1S/C10H14FN.C8H8O2/c1-12-8-10(11)7-9-5-3-2-4-6-9;9-5-4-7-2-1-3-8(10)6-7/h2-6,10,12H,7-8H2,1H3;1-6,9-10H/b;5-4-. The molecule has 0 radical (unpaired) electrons. The van der Waals surface area contributed by atoms with Crippen molar-refractivity contribution in [2.75, 3.05) is 13.6 Å². The number of rotatable bonds is 5. The van der Waals surface area contributed by atoms with E-state index in [0.717, 1.165) is 17.4 Å². The first-order chi connectivity index (χ1) is 10.7. The van der Waals surface area contributed by atoms with E-state index in [-0.39, 0.29) is 5.75 Å². The Kier molecular flexibility index (Phi) is 8.38. The molecule has 1 atom stereocenters. The van der Waals surface area contributed by atoms with Crippen molar-refractivity contribution in [3.8, 4) is 5.75 Å². The molecule has 0 amide bonds. The van der Waals surface area contributed by atoms with Crippen LogP contribution in [0.4, 0.5) is 4.39 Å². The summed E-state index contributed by atoms with van der Waals surface area (Å²) in [6.07, 6.45) is 2.16. The monoisotopic (exact) mass is 303 g/mol. The van der Waals surface area contributed by atoms with E-state index in [2.05, 4.69) is 5.32 Å². The molecule has 0 aliphatic carbocycles. The van der Waals surface area contributed by atoms with Crippen LogP contribution in [0.15, 0.2) is 60.9 Å². The van der Waals surface area contributed by atoms with E-state index < -0.39 is 6.17 Å². The molecule has 0 aromatic heterocycles. The van der Waals surface area contributed by atoms with Crippen LogP contribution in [-0.2, 0) is 6.42 Å². The quantitative estimate of drug-likeness (QED) is 0.738. The first-order valence-electron chi connectivity index (χ1n) is 7.08. The van der Waals surface area contributed by atoms with Crippen LogP contribution >= 0.6 is 0 Å². The lowest BCUT2D eigenvalue weighted by molar-refractivity contribution is 0.324. The zero-order chi connectivity index (χ0) is 16.2. The second kappa shape index (κ2) is 10.4. The SMILES string of the molecule is CNCC(F)Cc1ccccc1.O/C=C\c1cccc(O)c1. The highest BCUT2D eigenvalue weighted by Gasteiger charge is 2.04. The van der Waals surface area contributed by atoms with Crippen LogP contribution in [-0.4, -0.2) is 30.0 Å². The van der Waals surface area contributed by atoms with E-state index in [9.17, 15) is 4.39 Å². The fourth-order valence-corrected chi connectivity index (χ4v) is 1.88. The highest BCUT2D eigenvalue weighted by molar-refractivity contribution is 5.50. The summed E-state index contributed by atoms with van der Waals surface area (Å²) in [7, 11) is 1.76. The van der Waals surface area contributed by atoms with Crippen LogP contribution in [0, 0.1) is 0 Å². The third-order valence-corrected chi connectivity index (χ3v) is 2.86. The van der Waals surface area contributed by atoms with Gasteiger partial charge in [-0.3, -0.25) is 0 Å². The van der Waals surface area contributed by atoms with Gasteiger partial charge in [-0.1, -0.05) is 42.5 Å². The van der Waals surface area contributed by atoms with Crippen LogP contribution in [0.1, 0.15) is 11.1 Å². The molecule has 0 saturated carbocycles. The third-order valence-electron chi connectivity index (χ3n) is 2.86. The summed E-state index contributed by atoms with van der Waals surface area (Å²) in [4.78, 5) is 0. The van der Waals surface area contributed by atoms with Gasteiger partial charge in [0.1, 0.15) is 11.9 Å². The van der Waals surface area contributed by atoms with E-state index in [4.69, 9.17) is 10.2 Å². The average Bonchev–Trinajstić information content (AvgIpc) is 2.49. The Morgan fingerprint density at radius 3 is 2.45 bits per heavy atom. The number of hydrogen-bond acceptors (Lipinski definition) is 3. The molecule has 0 heterocycles. The Morgan fingerprint density at radius 1 is 1.14 bits per heavy atom. The van der Waals surface area contributed by atoms with Crippen molar-refractivity contribution in [3.05, 3.63) is 72.0 Å². The van der Waals surface area contributed by atoms with Gasteiger partial charge >= 0.3 is 0 Å². The van der Waals surface area contributed by atoms with E-state index in [1.54, 1.807) is 31.3 Å². The molecule has 4 heteroatoms. The number of hydrogen-bond donors (Lipinski definition) is 3. The van der Waals surface area contributed by atoms with Crippen LogP contribution in [0.2, 0.25) is 0 Å². The predicted molar refractivity (Wildman–Crippen MR) is 88.7 cm³/mol. The van der Waals surface area contributed by atoms with Crippen molar-refractivity contribution in [2.24, 2.45) is 0 Å². The lowest BCUT2D eigenvalue weighted by Gasteiger charge is -2.06. The maximum Gasteiger partial charge on any atom is 0.116 e. The molecule has 0 spiro atoms. The molecule has 1 unspecified atom stereocenters. The number of halogens is 1. The molecular formula is C18H22FNO2. The van der Waals surface area contributed by atoms with Crippen LogP contribution in [0.3, 0.4) is 0 Å². The average molecular weight is 303 g/mol. The first-order valence-corrected chi connectivity index (χ1v) is 7.08. The molecule has 118 valence electrons. The smallest absolute Gasteiger partial charge is 0.116 e. The lowest BCUT2D eigenvalue weighted by atomic mass is 10.1. The molecule has 22 heavy (non-hydrogen) atoms. The van der Waals surface area contributed by atoms with Crippen LogP contribution < -0.4 is 5.32 Å². The zero-order valence-corrected chi connectivity index (χ0v) is 12.6. The van der Waals surface area contributed by atoms with Crippen molar-refractivity contribution >= 4 is 6.08 Å². The van der Waals surface area contributed by atoms with Crippen molar-refractivity contribution in [1.29, 1.82) is 0 Å². The number of phenols is 1. The van der Waals surface area contributed by atoms with Crippen LogP contribution in [0.25, 0.3) is 6.08 Å². The maximum atomic E-state index is 13.0. The van der Waals surface area contributed by atoms with Gasteiger partial charge in [-0.2, -0.15) is 0 Å². The van der Waals surface area contributed by atoms with Gasteiger partial charge in [0.2, 0.25) is 0 Å². The molecule has 2 rings (SSSR count). The molecule has 2 aromatic rings. The zero-order valence-electron chi connectivity index (χ0n) is 12.6. The highest BCUT2D eigenvalue weighted by Crippen LogP contribution is 2.11. The Bertz CT molecular complexity index is 558. The van der Waals surface area contributed by atoms with Crippen molar-refractivity contribution < 1.29 is 14.6 Å². The minimum Gasteiger partial charge on any atom is -0.516 e. The molecular weight excluding hydrogens is 281 g/mol. The molecule has 0 aliphatic heterocycles. The summed E-state index contributed by atoms with van der Waals surface area (Å²) < 4.78 is 13.0. The summed E-state index contributed by atoms with van der Waals surface area (Å²) in [6, 6.07) is 16.3. The molecule has 0 bridgehead atoms. The van der Waals surface area contributed by atoms with Crippen molar-refractivity contribution in [1.82, 2.24) is 5.32 Å². The van der Waals surface area contributed by atoms with E-state index in [1.807, 2.05) is 30.3 Å². The van der Waals surface area contributed by atoms with Crippen LogP contribution in [0.5, 0.6) is 5.75 Å². The van der Waals surface area contributed by atoms with Gasteiger partial charge in [-0.25, -0.2) is 4.39 Å². The lowest BCUT2D eigenvalue weighted by Crippen LogP contribution is -2.21. The first kappa shape index (κ1) is 17.7. The number of aliphatic hydroxyl groups is 1. The summed E-state index contributed by atoms with van der Waals surface area (Å²) in [5, 5.41) is 20.1. The molecule has 0 aliphatic rings. The highest BCUT2D eigenvalue weighted by atomic mass is 19.1. The van der Waals surface area contributed by atoms with Gasteiger partial charge in [0.15, 0.2) is 0 Å². The molecule has 3 N–H and O–H groups in total. The van der Waals surface area contributed by atoms with Gasteiger partial charge < -0.3 is 15.5 Å². The summed E-state index contributed by atoms with van der Waals surface area (Å²) >= 11 is 0. The van der Waals surface area contributed by atoms with Gasteiger partial charge in [-0.15, -0.1) is 0 Å². The number of benzene rings is 2. The number of phenolic OH excluding ortho intramolecular Hbond substituents is 1. The second-order valence-corrected chi connectivity index (χ2v) is 4.76. The molecule has 2 aromatic carbocycles. The summed E-state index contributed by atoms with van der Waals surface area (Å²) in [6.45, 7) is 0.425. The van der Waals surface area contributed by atoms with E-state index in [1.165, 1.54) is 6.08 Å². The van der Waals surface area contributed by atoms with Crippen molar-refractivity contribution in [3.63, 3.8) is 0 Å². The fraction of sp³-hybridized carbons (Fsp3) is 0.222. The van der Waals surface area contributed by atoms with E-state index in [0.29, 0.717) is 13.0 Å². The normalized spacial score (nSPS) is 11.7. The van der Waals surface area contributed by atoms with Gasteiger partial charge in [0, 0.05) is 13.0 Å². The minimum atomic E-state index is -0.780. The number of aromatic hydroxyl groups is 1. The Morgan fingerprint density at radius 2 is 1.86 bits per heavy atom. The Labute approximate surface area is 130 Å². The molecule has 3 nitrogen and oxygen atoms in total. The van der Waals surface area contributed by atoms with E-state index >= 15 is 0 Å². The summed E-state index contributed by atoms with van der Waals surface area (Å²) in [5.41, 5.74) is 1.84. The van der Waals surface area contributed by atoms with Crippen molar-refractivity contribution in [2.45, 2.75) is 12.6 Å². The second-order valence-electron chi connectivity index (χ2n) is 4.76. The third kappa shape index (κ3) is 7.45. The predicted octanol–water partition coefficient (Wildman–Crippen LogP) is 3.71. The Balaban J connectivity index is 0.000000224. The van der Waals surface area contributed by atoms with Gasteiger partial charge in [0.05, 0.1) is 6.26 Å². The number of aliphatic hydroxyl groups excluding tert-OH is 1. The minimum absolute atomic E-state index is 0.204.